The van der Waals surface area contributed by atoms with Gasteiger partial charge < -0.3 is 24.0 Å². The Bertz CT molecular complexity index is 1980. The normalized spacial score (nSPS) is 14.9. The summed E-state index contributed by atoms with van der Waals surface area (Å²) in [6, 6.07) is 36.5. The molecular weight excluding hydrogens is 866 g/mol. The second-order valence-corrected chi connectivity index (χ2v) is 13.9. The molecule has 3 aliphatic heterocycles. The number of amides is 2. The molecule has 1 fully saturated rings. The Morgan fingerprint density at radius 3 is 2.20 bits per heavy atom. The molecule has 9 heteroatoms. The zero-order valence-corrected chi connectivity index (χ0v) is 35.0. The van der Waals surface area contributed by atoms with Gasteiger partial charge in [0, 0.05) is 87.2 Å². The summed E-state index contributed by atoms with van der Waals surface area (Å²) < 4.78 is 7.34. The Morgan fingerprint density at radius 1 is 0.796 bits per heavy atom. The van der Waals surface area contributed by atoms with Crippen LogP contribution in [0.1, 0.15) is 69.8 Å². The first kappa shape index (κ1) is 41.1. The molecule has 8 rings (SSSR count). The smallest absolute Gasteiger partial charge is 0.258 e. The predicted octanol–water partition coefficient (Wildman–Crippen LogP) is 8.96. The minimum Gasteiger partial charge on any atom is -0.379 e. The zero-order valence-electron chi connectivity index (χ0n) is 31.6. The molecule has 0 spiro atoms. The molecule has 0 saturated carbocycles. The van der Waals surface area contributed by atoms with E-state index in [1.807, 2.05) is 103 Å². The second-order valence-electron chi connectivity index (χ2n) is 13.5. The van der Waals surface area contributed by atoms with Crippen molar-refractivity contribution >= 4 is 29.1 Å². The SMILES string of the molecule is CC.CN1CCOCC1.O=C(c1ccc(Cl)cc1-c1cc(C(=O)N(Cc2ccccc2)c2cc[c-]cc2)c2n1CCCC2)N1CCc2ccccc2C1.[Re]. The standard InChI is InChI=1S/C38H33ClN3O2.C5H11NO.C2H6.Re/c39-30-18-19-32(37(43)40-22-20-28-13-7-8-14-29(28)26-40)33(23-30)36-24-34(35-17-9-10-21-41(35)36)38(44)42(31-15-5-2-6-16-31)25-27-11-3-1-4-12-27;1-6-2-4-7-5-3-6;1-2;/h1,3-8,11-16,18-19,23-24H,9-10,17,20-22,25-26H2;2-5H2,1H3;1-2H3;/q-1;;;. The fourth-order valence-corrected chi connectivity index (χ4v) is 7.42. The van der Waals surface area contributed by atoms with Gasteiger partial charge in [-0.3, -0.25) is 9.59 Å². The molecule has 0 bridgehead atoms. The number of carbonyl (C=O) groups excluding carboxylic acids is 2. The maximum atomic E-state index is 14.5. The number of benzene rings is 4. The molecule has 0 unspecified atom stereocenters. The molecule has 4 heterocycles. The van der Waals surface area contributed by atoms with Gasteiger partial charge in [-0.2, -0.15) is 18.2 Å². The van der Waals surface area contributed by atoms with Gasteiger partial charge in [-0.1, -0.05) is 85.7 Å². The summed E-state index contributed by atoms with van der Waals surface area (Å²) in [6.45, 7) is 10.5. The summed E-state index contributed by atoms with van der Waals surface area (Å²) in [5, 5.41) is 0.561. The molecule has 0 atom stereocenters. The van der Waals surface area contributed by atoms with E-state index in [2.05, 4.69) is 40.8 Å². The number of rotatable bonds is 6. The van der Waals surface area contributed by atoms with Gasteiger partial charge in [0.15, 0.2) is 0 Å². The Morgan fingerprint density at radius 2 is 1.50 bits per heavy atom. The van der Waals surface area contributed by atoms with E-state index in [4.69, 9.17) is 16.3 Å². The van der Waals surface area contributed by atoms with Crippen LogP contribution in [0.25, 0.3) is 11.3 Å². The van der Waals surface area contributed by atoms with Crippen LogP contribution in [0.4, 0.5) is 5.69 Å². The fraction of sp³-hybridized carbons (Fsp3) is 0.333. The summed E-state index contributed by atoms with van der Waals surface area (Å²) in [7, 11) is 2.11. The van der Waals surface area contributed by atoms with E-state index in [-0.39, 0.29) is 32.2 Å². The molecular formula is C45H50ClN4O3Re-. The first-order chi connectivity index (χ1) is 26.0. The van der Waals surface area contributed by atoms with Gasteiger partial charge in [0.2, 0.25) is 0 Å². The van der Waals surface area contributed by atoms with Crippen LogP contribution < -0.4 is 4.90 Å². The molecule has 0 N–H and O–H groups in total. The van der Waals surface area contributed by atoms with Crippen molar-refractivity contribution in [2.75, 3.05) is 44.8 Å². The molecule has 3 aliphatic rings. The Kier molecular flexibility index (Phi) is 15.3. The van der Waals surface area contributed by atoms with E-state index in [0.717, 1.165) is 86.7 Å². The molecule has 283 valence electrons. The van der Waals surface area contributed by atoms with Gasteiger partial charge >= 0.3 is 0 Å². The average Bonchev–Trinajstić information content (AvgIpc) is 3.61. The molecule has 1 aromatic heterocycles. The maximum absolute atomic E-state index is 14.5. The summed E-state index contributed by atoms with van der Waals surface area (Å²) in [5.74, 6) is -0.0730. The van der Waals surface area contributed by atoms with E-state index >= 15 is 0 Å². The number of halogens is 1. The number of hydrogen-bond acceptors (Lipinski definition) is 4. The van der Waals surface area contributed by atoms with Crippen LogP contribution in [0.5, 0.6) is 0 Å². The summed E-state index contributed by atoms with van der Waals surface area (Å²) in [5.41, 5.74) is 8.29. The van der Waals surface area contributed by atoms with Crippen molar-refractivity contribution in [3.63, 3.8) is 0 Å². The third kappa shape index (κ3) is 9.79. The summed E-state index contributed by atoms with van der Waals surface area (Å²) >= 11 is 6.59. The van der Waals surface area contributed by atoms with Crippen molar-refractivity contribution < 1.29 is 34.7 Å². The van der Waals surface area contributed by atoms with Crippen molar-refractivity contribution in [1.82, 2.24) is 14.4 Å². The third-order valence-electron chi connectivity index (χ3n) is 10.1. The van der Waals surface area contributed by atoms with Crippen LogP contribution in [0, 0.1) is 6.07 Å². The predicted molar refractivity (Wildman–Crippen MR) is 215 cm³/mol. The van der Waals surface area contributed by atoms with E-state index in [0.29, 0.717) is 35.8 Å². The van der Waals surface area contributed by atoms with Crippen LogP contribution in [-0.2, 0) is 57.6 Å². The van der Waals surface area contributed by atoms with Crippen LogP contribution in [0.3, 0.4) is 0 Å². The third-order valence-corrected chi connectivity index (χ3v) is 10.3. The molecule has 1 radical (unpaired) electrons. The Hall–Kier alpha value is -4.03. The minimum absolute atomic E-state index is 0. The number of anilines is 1. The van der Waals surface area contributed by atoms with E-state index in [1.165, 1.54) is 11.1 Å². The first-order valence-corrected chi connectivity index (χ1v) is 19.3. The number of hydrogen-bond donors (Lipinski definition) is 0. The van der Waals surface area contributed by atoms with Crippen LogP contribution in [-0.4, -0.2) is 66.1 Å². The van der Waals surface area contributed by atoms with Crippen molar-refractivity contribution in [3.8, 4) is 11.3 Å². The Balaban J connectivity index is 0.000000500. The van der Waals surface area contributed by atoms with E-state index in [9.17, 15) is 9.59 Å². The summed E-state index contributed by atoms with van der Waals surface area (Å²) in [4.78, 5) is 34.7. The molecule has 7 nitrogen and oxygen atoms in total. The number of fused-ring (bicyclic) bond motifs is 2. The van der Waals surface area contributed by atoms with Crippen LogP contribution >= 0.6 is 11.6 Å². The van der Waals surface area contributed by atoms with Gasteiger partial charge in [0.25, 0.3) is 11.8 Å². The number of nitrogens with zero attached hydrogens (tertiary/aromatic N) is 4. The average molecular weight is 917 g/mol. The number of carbonyl (C=O) groups is 2. The Labute approximate surface area is 339 Å². The van der Waals surface area contributed by atoms with Crippen molar-refractivity contribution in [1.29, 1.82) is 0 Å². The maximum Gasteiger partial charge on any atom is 0.258 e. The van der Waals surface area contributed by atoms with Gasteiger partial charge in [0.1, 0.15) is 0 Å². The van der Waals surface area contributed by atoms with Gasteiger partial charge in [0.05, 0.1) is 18.8 Å². The van der Waals surface area contributed by atoms with Gasteiger partial charge in [-0.25, -0.2) is 0 Å². The molecule has 4 aromatic carbocycles. The molecule has 1 saturated heterocycles. The molecule has 54 heavy (non-hydrogen) atoms. The number of aromatic nitrogens is 1. The number of ether oxygens (including phenoxy) is 1. The second kappa shape index (κ2) is 20.1. The van der Waals surface area contributed by atoms with Gasteiger partial charge in [-0.15, -0.1) is 12.1 Å². The van der Waals surface area contributed by atoms with Crippen molar-refractivity contribution in [2.24, 2.45) is 0 Å². The molecule has 0 aliphatic carbocycles. The molecule has 5 aromatic rings. The fourth-order valence-electron chi connectivity index (χ4n) is 7.24. The minimum atomic E-state index is -0.0560. The van der Waals surface area contributed by atoms with Crippen molar-refractivity contribution in [2.45, 2.75) is 59.2 Å². The quantitative estimate of drug-likeness (QED) is 0.160. The van der Waals surface area contributed by atoms with Gasteiger partial charge in [-0.05, 0) is 73.7 Å². The van der Waals surface area contributed by atoms with Crippen LogP contribution in [0.15, 0.2) is 103 Å². The first-order valence-electron chi connectivity index (χ1n) is 18.9. The van der Waals surface area contributed by atoms with E-state index < -0.39 is 0 Å². The van der Waals surface area contributed by atoms with Crippen LogP contribution in [0.2, 0.25) is 5.02 Å². The molecule has 2 amide bonds. The number of likely N-dealkylation sites (N-methyl/N-ethyl adjacent to an activating group) is 1. The zero-order chi connectivity index (χ0) is 37.2. The monoisotopic (exact) mass is 916 g/mol. The van der Waals surface area contributed by atoms with Crippen molar-refractivity contribution in [3.05, 3.63) is 148 Å². The topological polar surface area (TPSA) is 58.0 Å². The van der Waals surface area contributed by atoms with E-state index in [1.54, 1.807) is 6.07 Å². The largest absolute Gasteiger partial charge is 0.379 e. The number of morpholine rings is 1. The summed E-state index contributed by atoms with van der Waals surface area (Å²) in [6.07, 6.45) is 3.66.